The number of hydrogen-bond acceptors (Lipinski definition) is 4. The van der Waals surface area contributed by atoms with Crippen LogP contribution < -0.4 is 5.73 Å². The minimum Gasteiger partial charge on any atom is -0.335 e. The molecule has 0 saturated heterocycles. The van der Waals surface area contributed by atoms with Gasteiger partial charge in [0, 0.05) is 38.2 Å². The van der Waals surface area contributed by atoms with E-state index in [0.29, 0.717) is 18.8 Å². The molecule has 6 heteroatoms. The van der Waals surface area contributed by atoms with E-state index in [2.05, 4.69) is 9.97 Å². The van der Waals surface area contributed by atoms with Crippen molar-refractivity contribution in [3.63, 3.8) is 0 Å². The molecule has 0 saturated carbocycles. The predicted molar refractivity (Wildman–Crippen MR) is 67.2 cm³/mol. The van der Waals surface area contributed by atoms with Crippen LogP contribution in [0, 0.1) is 0 Å². The average Bonchev–Trinajstić information content (AvgIpc) is 2.98. The summed E-state index contributed by atoms with van der Waals surface area (Å²) in [6, 6.07) is 0. The standard InChI is InChI=1S/C12H17N5O/c1-2-17-6-4-14-12(17)7-11(18)10-8-16(5-3-13)9-15-10/h4,6,8-9H,2-3,5,7,13H2,1H3. The number of nitrogens with two attached hydrogens (primary N) is 1. The van der Waals surface area contributed by atoms with Crippen LogP contribution in [0.5, 0.6) is 0 Å². The van der Waals surface area contributed by atoms with Crippen LogP contribution in [0.25, 0.3) is 0 Å². The summed E-state index contributed by atoms with van der Waals surface area (Å²) in [5.74, 6) is 0.752. The van der Waals surface area contributed by atoms with Gasteiger partial charge >= 0.3 is 0 Å². The van der Waals surface area contributed by atoms with E-state index < -0.39 is 0 Å². The van der Waals surface area contributed by atoms with Crippen molar-refractivity contribution in [3.05, 3.63) is 36.4 Å². The van der Waals surface area contributed by atoms with Crippen molar-refractivity contribution in [2.24, 2.45) is 5.73 Å². The average molecular weight is 247 g/mol. The van der Waals surface area contributed by atoms with E-state index in [0.717, 1.165) is 12.4 Å². The number of nitrogens with zero attached hydrogens (tertiary/aromatic N) is 4. The van der Waals surface area contributed by atoms with Crippen molar-refractivity contribution >= 4 is 5.78 Å². The van der Waals surface area contributed by atoms with Crippen molar-refractivity contribution in [2.45, 2.75) is 26.4 Å². The summed E-state index contributed by atoms with van der Waals surface area (Å²) in [5.41, 5.74) is 5.91. The molecule has 96 valence electrons. The van der Waals surface area contributed by atoms with Crippen LogP contribution in [-0.4, -0.2) is 31.4 Å². The minimum atomic E-state index is -0.0216. The normalized spacial score (nSPS) is 10.8. The number of carbonyl (C=O) groups excluding carboxylic acids is 1. The topological polar surface area (TPSA) is 78.7 Å². The summed E-state index contributed by atoms with van der Waals surface area (Å²) >= 11 is 0. The zero-order chi connectivity index (χ0) is 13.0. The summed E-state index contributed by atoms with van der Waals surface area (Å²) in [6.07, 6.45) is 7.22. The van der Waals surface area contributed by atoms with E-state index in [4.69, 9.17) is 5.73 Å². The van der Waals surface area contributed by atoms with Crippen LogP contribution in [0.2, 0.25) is 0 Å². The maximum Gasteiger partial charge on any atom is 0.190 e. The van der Waals surface area contributed by atoms with Crippen molar-refractivity contribution in [1.29, 1.82) is 0 Å². The number of aryl methyl sites for hydroxylation is 1. The largest absolute Gasteiger partial charge is 0.335 e. The fraction of sp³-hybridized carbons (Fsp3) is 0.417. The second kappa shape index (κ2) is 5.59. The molecule has 0 radical (unpaired) electrons. The lowest BCUT2D eigenvalue weighted by Gasteiger charge is -2.02. The highest BCUT2D eigenvalue weighted by Gasteiger charge is 2.13. The minimum absolute atomic E-state index is 0.0216. The molecule has 0 aromatic carbocycles. The van der Waals surface area contributed by atoms with Gasteiger partial charge in [-0.25, -0.2) is 9.97 Å². The summed E-state index contributed by atoms with van der Waals surface area (Å²) in [7, 11) is 0. The van der Waals surface area contributed by atoms with Gasteiger partial charge < -0.3 is 14.9 Å². The molecule has 0 unspecified atom stereocenters. The molecule has 0 bridgehead atoms. The van der Waals surface area contributed by atoms with Gasteiger partial charge in [0.25, 0.3) is 0 Å². The zero-order valence-corrected chi connectivity index (χ0v) is 10.4. The molecule has 0 amide bonds. The highest BCUT2D eigenvalue weighted by atomic mass is 16.1. The molecular weight excluding hydrogens is 230 g/mol. The predicted octanol–water partition coefficient (Wildman–Crippen LogP) is 0.484. The molecule has 0 spiro atoms. The fourth-order valence-corrected chi connectivity index (χ4v) is 1.80. The Morgan fingerprint density at radius 3 is 3.00 bits per heavy atom. The van der Waals surface area contributed by atoms with Gasteiger partial charge in [-0.3, -0.25) is 4.79 Å². The molecule has 2 rings (SSSR count). The van der Waals surface area contributed by atoms with Crippen LogP contribution in [0.15, 0.2) is 24.9 Å². The lowest BCUT2D eigenvalue weighted by atomic mass is 10.2. The van der Waals surface area contributed by atoms with E-state index in [1.54, 1.807) is 18.7 Å². The third-order valence-corrected chi connectivity index (χ3v) is 2.77. The first-order valence-electron chi connectivity index (χ1n) is 5.99. The summed E-state index contributed by atoms with van der Waals surface area (Å²) in [6.45, 7) is 4.03. The van der Waals surface area contributed by atoms with Gasteiger partial charge in [-0.2, -0.15) is 0 Å². The summed E-state index contributed by atoms with van der Waals surface area (Å²) in [5, 5.41) is 0. The number of rotatable bonds is 6. The Morgan fingerprint density at radius 2 is 2.28 bits per heavy atom. The molecule has 2 aromatic rings. The van der Waals surface area contributed by atoms with Crippen molar-refractivity contribution < 1.29 is 4.79 Å². The maximum atomic E-state index is 12.0. The number of Topliss-reactive ketones (excluding diaryl/α,β-unsaturated/α-hetero) is 1. The van der Waals surface area contributed by atoms with Crippen LogP contribution in [0.3, 0.4) is 0 Å². The zero-order valence-electron chi connectivity index (χ0n) is 10.4. The number of hydrogen-bond donors (Lipinski definition) is 1. The summed E-state index contributed by atoms with van der Waals surface area (Å²) < 4.78 is 3.77. The Bertz CT molecular complexity index is 528. The molecule has 2 N–H and O–H groups in total. The van der Waals surface area contributed by atoms with Gasteiger partial charge in [0.05, 0.1) is 12.7 Å². The van der Waals surface area contributed by atoms with Crippen molar-refractivity contribution in [2.75, 3.05) is 6.54 Å². The van der Waals surface area contributed by atoms with Gasteiger partial charge in [0.1, 0.15) is 11.5 Å². The van der Waals surface area contributed by atoms with Crippen LogP contribution in [-0.2, 0) is 19.5 Å². The van der Waals surface area contributed by atoms with Crippen molar-refractivity contribution in [3.8, 4) is 0 Å². The van der Waals surface area contributed by atoms with Crippen LogP contribution in [0.4, 0.5) is 0 Å². The lowest BCUT2D eigenvalue weighted by molar-refractivity contribution is 0.0985. The smallest absolute Gasteiger partial charge is 0.190 e. The second-order valence-electron chi connectivity index (χ2n) is 4.01. The molecular formula is C12H17N5O. The molecule has 2 aromatic heterocycles. The molecule has 0 atom stereocenters. The molecule has 0 aliphatic carbocycles. The molecule has 0 fully saturated rings. The molecule has 2 heterocycles. The highest BCUT2D eigenvalue weighted by molar-refractivity contribution is 5.95. The number of aromatic nitrogens is 4. The number of ketones is 1. The lowest BCUT2D eigenvalue weighted by Crippen LogP contribution is -2.10. The SMILES string of the molecule is CCn1ccnc1CC(=O)c1cn(CCN)cn1. The van der Waals surface area contributed by atoms with Gasteiger partial charge in [-0.05, 0) is 6.92 Å². The highest BCUT2D eigenvalue weighted by Crippen LogP contribution is 2.05. The maximum absolute atomic E-state index is 12.0. The first kappa shape index (κ1) is 12.5. The molecule has 6 nitrogen and oxygen atoms in total. The number of imidazole rings is 2. The Balaban J connectivity index is 2.07. The van der Waals surface area contributed by atoms with Crippen LogP contribution >= 0.6 is 0 Å². The van der Waals surface area contributed by atoms with Gasteiger partial charge in [-0.15, -0.1) is 0 Å². The Kier molecular flexibility index (Phi) is 3.88. The number of carbonyl (C=O) groups is 1. The van der Waals surface area contributed by atoms with Gasteiger partial charge in [0.2, 0.25) is 0 Å². The van der Waals surface area contributed by atoms with Gasteiger partial charge in [-0.1, -0.05) is 0 Å². The Hall–Kier alpha value is -1.95. The Labute approximate surface area is 105 Å². The Morgan fingerprint density at radius 1 is 1.44 bits per heavy atom. The molecule has 0 aliphatic rings. The van der Waals surface area contributed by atoms with Gasteiger partial charge in [0.15, 0.2) is 5.78 Å². The van der Waals surface area contributed by atoms with Crippen LogP contribution in [0.1, 0.15) is 23.2 Å². The van der Waals surface area contributed by atoms with E-state index in [1.807, 2.05) is 22.3 Å². The quantitative estimate of drug-likeness (QED) is 0.753. The van der Waals surface area contributed by atoms with Crippen molar-refractivity contribution in [1.82, 2.24) is 19.1 Å². The second-order valence-corrected chi connectivity index (χ2v) is 4.01. The van der Waals surface area contributed by atoms with E-state index in [9.17, 15) is 4.79 Å². The third-order valence-electron chi connectivity index (χ3n) is 2.77. The fourth-order valence-electron chi connectivity index (χ4n) is 1.80. The van der Waals surface area contributed by atoms with E-state index >= 15 is 0 Å². The van der Waals surface area contributed by atoms with E-state index in [1.165, 1.54) is 0 Å². The first-order valence-corrected chi connectivity index (χ1v) is 5.99. The monoisotopic (exact) mass is 247 g/mol. The summed E-state index contributed by atoms with van der Waals surface area (Å²) in [4.78, 5) is 20.3. The first-order chi connectivity index (χ1) is 8.74. The third kappa shape index (κ3) is 2.65. The van der Waals surface area contributed by atoms with E-state index in [-0.39, 0.29) is 12.2 Å². The molecule has 18 heavy (non-hydrogen) atoms. The molecule has 0 aliphatic heterocycles.